The average molecular weight is 253 g/mol. The third-order valence-corrected chi connectivity index (χ3v) is 4.45. The van der Waals surface area contributed by atoms with Crippen LogP contribution in [0.1, 0.15) is 33.1 Å². The van der Waals surface area contributed by atoms with Crippen molar-refractivity contribution in [3.05, 3.63) is 0 Å². The second-order valence-corrected chi connectivity index (χ2v) is 5.49. The van der Waals surface area contributed by atoms with Gasteiger partial charge in [-0.1, -0.05) is 13.8 Å². The lowest BCUT2D eigenvalue weighted by molar-refractivity contribution is -0.135. The summed E-state index contributed by atoms with van der Waals surface area (Å²) in [4.78, 5) is 17.0. The highest BCUT2D eigenvalue weighted by atomic mass is 16.2. The van der Waals surface area contributed by atoms with Crippen LogP contribution in [0.25, 0.3) is 0 Å². The van der Waals surface area contributed by atoms with E-state index in [9.17, 15) is 4.79 Å². The van der Waals surface area contributed by atoms with Crippen molar-refractivity contribution in [2.24, 2.45) is 5.92 Å². The molecule has 2 heterocycles. The highest BCUT2D eigenvalue weighted by Crippen LogP contribution is 2.20. The Kier molecular flexibility index (Phi) is 5.01. The molecule has 0 radical (unpaired) electrons. The smallest absolute Gasteiger partial charge is 0.227 e. The van der Waals surface area contributed by atoms with Crippen LogP contribution < -0.4 is 5.32 Å². The molecule has 0 aliphatic carbocycles. The highest BCUT2D eigenvalue weighted by molar-refractivity contribution is 5.79. The summed E-state index contributed by atoms with van der Waals surface area (Å²) >= 11 is 0. The second-order valence-electron chi connectivity index (χ2n) is 5.49. The summed E-state index contributed by atoms with van der Waals surface area (Å²) in [6.07, 6.45) is 3.36. The van der Waals surface area contributed by atoms with Crippen molar-refractivity contribution < 1.29 is 4.79 Å². The Morgan fingerprint density at radius 3 is 2.72 bits per heavy atom. The number of rotatable bonds is 4. The van der Waals surface area contributed by atoms with Crippen LogP contribution in [0.3, 0.4) is 0 Å². The number of likely N-dealkylation sites (N-methyl/N-ethyl adjacent to an activating group) is 1. The summed E-state index contributed by atoms with van der Waals surface area (Å²) in [5, 5.41) is 3.34. The molecule has 104 valence electrons. The zero-order valence-corrected chi connectivity index (χ0v) is 11.8. The van der Waals surface area contributed by atoms with Gasteiger partial charge in [0, 0.05) is 25.7 Å². The number of hydrogen-bond acceptors (Lipinski definition) is 3. The van der Waals surface area contributed by atoms with Gasteiger partial charge < -0.3 is 10.2 Å². The Morgan fingerprint density at radius 2 is 2.11 bits per heavy atom. The van der Waals surface area contributed by atoms with Gasteiger partial charge >= 0.3 is 0 Å². The number of likely N-dealkylation sites (tertiary alicyclic amines) is 1. The second kappa shape index (κ2) is 6.53. The van der Waals surface area contributed by atoms with E-state index in [1.165, 1.54) is 0 Å². The molecule has 2 atom stereocenters. The van der Waals surface area contributed by atoms with E-state index in [0.717, 1.165) is 58.5 Å². The first-order chi connectivity index (χ1) is 8.76. The summed E-state index contributed by atoms with van der Waals surface area (Å²) in [6.45, 7) is 10.4. The van der Waals surface area contributed by atoms with Crippen molar-refractivity contribution in [1.82, 2.24) is 15.1 Å². The molecule has 18 heavy (non-hydrogen) atoms. The predicted molar refractivity (Wildman–Crippen MR) is 73.5 cm³/mol. The van der Waals surface area contributed by atoms with Gasteiger partial charge in [0.1, 0.15) is 0 Å². The van der Waals surface area contributed by atoms with E-state index in [1.54, 1.807) is 0 Å². The molecular weight excluding hydrogens is 226 g/mol. The molecule has 2 rings (SSSR count). The van der Waals surface area contributed by atoms with Gasteiger partial charge in [-0.05, 0) is 38.9 Å². The van der Waals surface area contributed by atoms with Crippen LogP contribution in [0.15, 0.2) is 0 Å². The lowest BCUT2D eigenvalue weighted by Crippen LogP contribution is -2.44. The van der Waals surface area contributed by atoms with Gasteiger partial charge in [0.05, 0.1) is 5.92 Å². The number of carbonyl (C=O) groups is 1. The van der Waals surface area contributed by atoms with Crippen molar-refractivity contribution in [2.75, 3.05) is 39.3 Å². The minimum atomic E-state index is 0.231. The molecule has 1 N–H and O–H groups in total. The van der Waals surface area contributed by atoms with E-state index < -0.39 is 0 Å². The highest BCUT2D eigenvalue weighted by Gasteiger charge is 2.32. The summed E-state index contributed by atoms with van der Waals surface area (Å²) in [5.74, 6) is 0.617. The van der Waals surface area contributed by atoms with Crippen LogP contribution in [0.5, 0.6) is 0 Å². The number of nitrogens with zero attached hydrogens (tertiary/aromatic N) is 2. The zero-order valence-electron chi connectivity index (χ0n) is 11.8. The van der Waals surface area contributed by atoms with Gasteiger partial charge in [-0.2, -0.15) is 0 Å². The molecule has 0 bridgehead atoms. The number of hydrogen-bond donors (Lipinski definition) is 1. The molecule has 2 saturated heterocycles. The van der Waals surface area contributed by atoms with Crippen LogP contribution in [0.4, 0.5) is 0 Å². The topological polar surface area (TPSA) is 35.6 Å². The number of carbonyl (C=O) groups excluding carboxylic acids is 1. The SMILES string of the molecule is CCN(CC)C1CCN(C(=O)[C@@H]2CCCNC2)C1. The fourth-order valence-electron chi connectivity index (χ4n) is 3.30. The molecule has 2 aliphatic rings. The molecule has 0 aromatic carbocycles. The van der Waals surface area contributed by atoms with Crippen LogP contribution in [-0.4, -0.2) is 61.0 Å². The Labute approximate surface area is 111 Å². The maximum atomic E-state index is 12.4. The number of amides is 1. The van der Waals surface area contributed by atoms with Gasteiger partial charge in [-0.3, -0.25) is 9.69 Å². The molecule has 0 aromatic heterocycles. The lowest BCUT2D eigenvalue weighted by Gasteiger charge is -2.29. The van der Waals surface area contributed by atoms with E-state index in [4.69, 9.17) is 0 Å². The Hall–Kier alpha value is -0.610. The molecule has 4 nitrogen and oxygen atoms in total. The zero-order chi connectivity index (χ0) is 13.0. The van der Waals surface area contributed by atoms with Crippen LogP contribution >= 0.6 is 0 Å². The first kappa shape index (κ1) is 13.8. The van der Waals surface area contributed by atoms with E-state index in [1.807, 2.05) is 0 Å². The van der Waals surface area contributed by atoms with Gasteiger partial charge in [0.25, 0.3) is 0 Å². The monoisotopic (exact) mass is 253 g/mol. The molecule has 2 aliphatic heterocycles. The molecule has 4 heteroatoms. The van der Waals surface area contributed by atoms with E-state index in [-0.39, 0.29) is 5.92 Å². The summed E-state index contributed by atoms with van der Waals surface area (Å²) in [5.41, 5.74) is 0. The molecule has 0 aromatic rings. The normalized spacial score (nSPS) is 28.9. The standard InChI is InChI=1S/C14H27N3O/c1-3-16(4-2)13-7-9-17(11-13)14(18)12-6-5-8-15-10-12/h12-13,15H,3-11H2,1-2H3/t12-,13?/m1/s1. The fraction of sp³-hybridized carbons (Fsp3) is 0.929. The summed E-state index contributed by atoms with van der Waals surface area (Å²) in [6, 6.07) is 0.584. The van der Waals surface area contributed by atoms with Crippen molar-refractivity contribution >= 4 is 5.91 Å². The minimum absolute atomic E-state index is 0.231. The van der Waals surface area contributed by atoms with Crippen LogP contribution in [0.2, 0.25) is 0 Å². The largest absolute Gasteiger partial charge is 0.341 e. The third-order valence-electron chi connectivity index (χ3n) is 4.45. The maximum Gasteiger partial charge on any atom is 0.227 e. The lowest BCUT2D eigenvalue weighted by atomic mass is 9.98. The molecule has 0 saturated carbocycles. The Morgan fingerprint density at radius 1 is 1.33 bits per heavy atom. The first-order valence-electron chi connectivity index (χ1n) is 7.49. The van der Waals surface area contributed by atoms with Crippen LogP contribution in [0, 0.1) is 5.92 Å². The molecule has 1 amide bonds. The molecule has 2 fully saturated rings. The Bertz CT molecular complexity index is 272. The van der Waals surface area contributed by atoms with Crippen LogP contribution in [-0.2, 0) is 4.79 Å². The minimum Gasteiger partial charge on any atom is -0.341 e. The van der Waals surface area contributed by atoms with Crippen molar-refractivity contribution in [3.8, 4) is 0 Å². The van der Waals surface area contributed by atoms with Crippen molar-refractivity contribution in [1.29, 1.82) is 0 Å². The van der Waals surface area contributed by atoms with Gasteiger partial charge in [0.15, 0.2) is 0 Å². The molecular formula is C14H27N3O. The molecule has 1 unspecified atom stereocenters. The van der Waals surface area contributed by atoms with Gasteiger partial charge in [-0.15, -0.1) is 0 Å². The van der Waals surface area contributed by atoms with E-state index in [0.29, 0.717) is 11.9 Å². The Balaban J connectivity index is 1.85. The fourth-order valence-corrected chi connectivity index (χ4v) is 3.30. The number of nitrogens with one attached hydrogen (secondary N) is 1. The van der Waals surface area contributed by atoms with Gasteiger partial charge in [0.2, 0.25) is 5.91 Å². The van der Waals surface area contributed by atoms with Crippen molar-refractivity contribution in [2.45, 2.75) is 39.2 Å². The quantitative estimate of drug-likeness (QED) is 0.809. The summed E-state index contributed by atoms with van der Waals surface area (Å²) in [7, 11) is 0. The first-order valence-corrected chi connectivity index (χ1v) is 7.49. The average Bonchev–Trinajstić information content (AvgIpc) is 2.90. The van der Waals surface area contributed by atoms with Gasteiger partial charge in [-0.25, -0.2) is 0 Å². The maximum absolute atomic E-state index is 12.4. The molecule has 0 spiro atoms. The third kappa shape index (κ3) is 3.04. The van der Waals surface area contributed by atoms with E-state index in [2.05, 4.69) is 29.0 Å². The number of piperidine rings is 1. The van der Waals surface area contributed by atoms with Crippen molar-refractivity contribution in [3.63, 3.8) is 0 Å². The van der Waals surface area contributed by atoms with E-state index >= 15 is 0 Å². The predicted octanol–water partition coefficient (Wildman–Crippen LogP) is 0.929. The summed E-state index contributed by atoms with van der Waals surface area (Å²) < 4.78 is 0.